The summed E-state index contributed by atoms with van der Waals surface area (Å²) in [6.07, 6.45) is 2.32. The van der Waals surface area contributed by atoms with Gasteiger partial charge in [-0.2, -0.15) is 0 Å². The van der Waals surface area contributed by atoms with Gasteiger partial charge in [-0.25, -0.2) is 8.42 Å². The van der Waals surface area contributed by atoms with Crippen LogP contribution in [-0.2, 0) is 9.84 Å². The summed E-state index contributed by atoms with van der Waals surface area (Å²) in [5.41, 5.74) is 9.84. The molecule has 1 unspecified atom stereocenters. The Morgan fingerprint density at radius 3 is 2.73 bits per heavy atom. The van der Waals surface area contributed by atoms with Crippen molar-refractivity contribution in [1.82, 2.24) is 0 Å². The predicted octanol–water partition coefficient (Wildman–Crippen LogP) is 4.05. The molecule has 1 fully saturated rings. The minimum absolute atomic E-state index is 0.106. The van der Waals surface area contributed by atoms with E-state index in [9.17, 15) is 8.42 Å². The highest BCUT2D eigenvalue weighted by atomic mass is 32.2. The molecule has 1 aromatic rings. The molecule has 0 amide bonds. The first-order valence-corrected chi connectivity index (χ1v) is 9.09. The molecule has 1 aromatic carbocycles. The number of piperidine rings is 1. The Bertz CT molecular complexity index is 693. The van der Waals surface area contributed by atoms with Crippen LogP contribution in [0.2, 0.25) is 0 Å². The Kier molecular flexibility index (Phi) is 4.98. The van der Waals surface area contributed by atoms with Crippen LogP contribution in [0.3, 0.4) is 0 Å². The Hall–Kier alpha value is -1.72. The fraction of sp³-hybridized carbons (Fsp3) is 0.600. The lowest BCUT2D eigenvalue weighted by Crippen LogP contribution is -2.34. The molecule has 2 rings (SSSR count). The largest absolute Gasteiger partial charge is 0.371 e. The second kappa shape index (κ2) is 6.58. The Morgan fingerprint density at radius 1 is 1.41 bits per heavy atom. The van der Waals surface area contributed by atoms with Gasteiger partial charge in [-0.15, -0.1) is 0 Å². The van der Waals surface area contributed by atoms with Crippen LogP contribution in [0.4, 0.5) is 11.4 Å². The molecule has 1 aliphatic rings. The topological polar surface area (TPSA) is 86.1 Å². The van der Waals surface area contributed by atoms with Gasteiger partial charge in [-0.3, -0.25) is 0 Å². The molecule has 1 heterocycles. The minimum atomic E-state index is -3.47. The smallest absolute Gasteiger partial charge is 0.181 e. The van der Waals surface area contributed by atoms with Crippen LogP contribution in [0.1, 0.15) is 33.6 Å². The maximum atomic E-state index is 12.4. The molecule has 120 valence electrons. The van der Waals surface area contributed by atoms with E-state index in [0.29, 0.717) is 5.92 Å². The van der Waals surface area contributed by atoms with Gasteiger partial charge in [-0.05, 0) is 56.3 Å². The molecule has 1 saturated heterocycles. The van der Waals surface area contributed by atoms with Crippen molar-refractivity contribution < 1.29 is 8.42 Å². The van der Waals surface area contributed by atoms with Crippen molar-refractivity contribution in [2.45, 2.75) is 43.8 Å². The number of rotatable bonds is 4. The van der Waals surface area contributed by atoms with Crippen LogP contribution >= 0.6 is 0 Å². The second-order valence-electron chi connectivity index (χ2n) is 6.13. The molecule has 0 spiro atoms. The van der Waals surface area contributed by atoms with Crippen LogP contribution in [0.15, 0.2) is 28.2 Å². The van der Waals surface area contributed by atoms with Crippen molar-refractivity contribution >= 4 is 21.2 Å². The zero-order valence-electron chi connectivity index (χ0n) is 13.2. The Labute approximate surface area is 131 Å². The van der Waals surface area contributed by atoms with Gasteiger partial charge in [0.15, 0.2) is 9.84 Å². The second-order valence-corrected chi connectivity index (χ2v) is 8.60. The highest BCUT2D eigenvalue weighted by Gasteiger charge is 2.24. The van der Waals surface area contributed by atoms with Crippen molar-refractivity contribution in [3.63, 3.8) is 0 Å². The number of benzene rings is 1. The average molecular weight is 322 g/mol. The fourth-order valence-corrected chi connectivity index (χ4v) is 3.90. The SMILES string of the molecule is CC1CCCN(c2ccc(S(=O)(=O)C(C)C)c(N=[N+]=[N-])c2)C1. The lowest BCUT2D eigenvalue weighted by atomic mass is 10.00. The van der Waals surface area contributed by atoms with Gasteiger partial charge in [0.05, 0.1) is 15.8 Å². The third kappa shape index (κ3) is 3.36. The molecule has 0 N–H and O–H groups in total. The van der Waals surface area contributed by atoms with Crippen LogP contribution in [-0.4, -0.2) is 26.8 Å². The summed E-state index contributed by atoms with van der Waals surface area (Å²) in [6, 6.07) is 5.06. The number of hydrogen-bond donors (Lipinski definition) is 0. The van der Waals surface area contributed by atoms with E-state index in [1.807, 2.05) is 6.07 Å². The van der Waals surface area contributed by atoms with Crippen LogP contribution in [0.5, 0.6) is 0 Å². The van der Waals surface area contributed by atoms with Crippen molar-refractivity contribution in [1.29, 1.82) is 0 Å². The van der Waals surface area contributed by atoms with Gasteiger partial charge >= 0.3 is 0 Å². The molecule has 22 heavy (non-hydrogen) atoms. The average Bonchev–Trinajstić information content (AvgIpc) is 2.47. The summed E-state index contributed by atoms with van der Waals surface area (Å²) >= 11 is 0. The van der Waals surface area contributed by atoms with Crippen molar-refractivity contribution in [2.24, 2.45) is 11.0 Å². The molecule has 7 heteroatoms. The lowest BCUT2D eigenvalue weighted by Gasteiger charge is -2.33. The quantitative estimate of drug-likeness (QED) is 0.476. The molecule has 0 aliphatic carbocycles. The van der Waals surface area contributed by atoms with Crippen LogP contribution in [0, 0.1) is 5.92 Å². The molecular formula is C15H22N4O2S. The normalized spacial score (nSPS) is 19.1. The zero-order valence-corrected chi connectivity index (χ0v) is 14.0. The summed E-state index contributed by atoms with van der Waals surface area (Å²) in [4.78, 5) is 5.11. The van der Waals surface area contributed by atoms with E-state index < -0.39 is 15.1 Å². The van der Waals surface area contributed by atoms with Gasteiger partial charge in [0.2, 0.25) is 0 Å². The standard InChI is InChI=1S/C15H22N4O2S/c1-11(2)22(20,21)15-7-6-13(9-14(15)17-18-16)19-8-4-5-12(3)10-19/h6-7,9,11-12H,4-5,8,10H2,1-3H3. The third-order valence-corrected chi connectivity index (χ3v) is 6.24. The summed E-state index contributed by atoms with van der Waals surface area (Å²) in [5, 5.41) is 3.05. The third-order valence-electron chi connectivity index (χ3n) is 4.04. The van der Waals surface area contributed by atoms with E-state index in [2.05, 4.69) is 21.8 Å². The van der Waals surface area contributed by atoms with Crippen molar-refractivity contribution in [3.8, 4) is 0 Å². The molecule has 0 aromatic heterocycles. The lowest BCUT2D eigenvalue weighted by molar-refractivity contribution is 0.447. The summed E-state index contributed by atoms with van der Waals surface area (Å²) in [5.74, 6) is 0.607. The van der Waals surface area contributed by atoms with Gasteiger partial charge in [0.1, 0.15) is 0 Å². The summed E-state index contributed by atoms with van der Waals surface area (Å²) < 4.78 is 24.7. The number of sulfone groups is 1. The van der Waals surface area contributed by atoms with Crippen LogP contribution < -0.4 is 4.90 Å². The van der Waals surface area contributed by atoms with E-state index in [1.165, 1.54) is 6.42 Å². The highest BCUT2D eigenvalue weighted by Crippen LogP contribution is 2.33. The maximum absolute atomic E-state index is 12.4. The first-order valence-electron chi connectivity index (χ1n) is 7.54. The van der Waals surface area contributed by atoms with Gasteiger partial charge in [0, 0.05) is 23.7 Å². The first-order chi connectivity index (χ1) is 10.4. The predicted molar refractivity (Wildman–Crippen MR) is 88.2 cm³/mol. The molecular weight excluding hydrogens is 300 g/mol. The van der Waals surface area contributed by atoms with Crippen molar-refractivity contribution in [2.75, 3.05) is 18.0 Å². The van der Waals surface area contributed by atoms with E-state index in [0.717, 1.165) is 25.2 Å². The fourth-order valence-electron chi connectivity index (χ4n) is 2.75. The molecule has 1 aliphatic heterocycles. The maximum Gasteiger partial charge on any atom is 0.181 e. The number of azide groups is 1. The highest BCUT2D eigenvalue weighted by molar-refractivity contribution is 7.92. The number of nitrogens with zero attached hydrogens (tertiary/aromatic N) is 4. The summed E-state index contributed by atoms with van der Waals surface area (Å²) in [7, 11) is -3.47. The van der Waals surface area contributed by atoms with E-state index in [1.54, 1.807) is 26.0 Å². The van der Waals surface area contributed by atoms with E-state index in [-0.39, 0.29) is 10.6 Å². The van der Waals surface area contributed by atoms with Crippen molar-refractivity contribution in [3.05, 3.63) is 28.6 Å². The molecule has 0 bridgehead atoms. The van der Waals surface area contributed by atoms with Gasteiger partial charge in [0.25, 0.3) is 0 Å². The van der Waals surface area contributed by atoms with Gasteiger partial charge in [-0.1, -0.05) is 12.0 Å². The molecule has 0 radical (unpaired) electrons. The van der Waals surface area contributed by atoms with E-state index in [4.69, 9.17) is 5.53 Å². The first kappa shape index (κ1) is 16.6. The Balaban J connectivity index is 2.46. The molecule has 6 nitrogen and oxygen atoms in total. The number of hydrogen-bond acceptors (Lipinski definition) is 4. The van der Waals surface area contributed by atoms with Crippen LogP contribution in [0.25, 0.3) is 10.4 Å². The zero-order chi connectivity index (χ0) is 16.3. The minimum Gasteiger partial charge on any atom is -0.371 e. The monoisotopic (exact) mass is 322 g/mol. The van der Waals surface area contributed by atoms with Gasteiger partial charge < -0.3 is 4.90 Å². The number of anilines is 1. The molecule has 0 saturated carbocycles. The Morgan fingerprint density at radius 2 is 2.14 bits per heavy atom. The summed E-state index contributed by atoms with van der Waals surface area (Å²) in [6.45, 7) is 7.32. The molecule has 1 atom stereocenters. The van der Waals surface area contributed by atoms with E-state index >= 15 is 0 Å².